The summed E-state index contributed by atoms with van der Waals surface area (Å²) in [4.78, 5) is 25.9. The zero-order chi connectivity index (χ0) is 16.8. The molecule has 23 heavy (non-hydrogen) atoms. The summed E-state index contributed by atoms with van der Waals surface area (Å²) in [5.41, 5.74) is 6.44. The van der Waals surface area contributed by atoms with Crippen LogP contribution in [0.1, 0.15) is 20.3 Å². The highest BCUT2D eigenvalue weighted by Gasteiger charge is 2.20. The predicted octanol–water partition coefficient (Wildman–Crippen LogP) is 0.0538. The van der Waals surface area contributed by atoms with Gasteiger partial charge in [-0.1, -0.05) is 20.3 Å². The molecule has 0 aliphatic carbocycles. The van der Waals surface area contributed by atoms with E-state index in [4.69, 9.17) is 10.5 Å². The minimum atomic E-state index is -0.557. The van der Waals surface area contributed by atoms with Gasteiger partial charge in [0, 0.05) is 19.3 Å². The van der Waals surface area contributed by atoms with Gasteiger partial charge in [-0.15, -0.1) is 0 Å². The van der Waals surface area contributed by atoms with Gasteiger partial charge in [0.1, 0.15) is 6.54 Å². The Labute approximate surface area is 135 Å². The molecule has 1 aliphatic heterocycles. The summed E-state index contributed by atoms with van der Waals surface area (Å²) in [5, 5.41) is 6.85. The number of ether oxygens (including phenoxy) is 1. The Bertz CT molecular complexity index is 508. The molecule has 1 fully saturated rings. The minimum absolute atomic E-state index is 0.00872. The molecule has 3 N–H and O–H groups in total. The van der Waals surface area contributed by atoms with E-state index in [1.807, 2.05) is 13.8 Å². The van der Waals surface area contributed by atoms with E-state index in [1.165, 1.54) is 10.9 Å². The molecule has 0 saturated carbocycles. The third-order valence-corrected chi connectivity index (χ3v) is 4.12. The molecule has 2 unspecified atom stereocenters. The molecule has 0 bridgehead atoms. The van der Waals surface area contributed by atoms with Crippen LogP contribution in [0.5, 0.6) is 0 Å². The van der Waals surface area contributed by atoms with E-state index in [0.29, 0.717) is 32.0 Å². The summed E-state index contributed by atoms with van der Waals surface area (Å²) in [6, 6.07) is -0.557. The minimum Gasteiger partial charge on any atom is -0.378 e. The molecule has 128 valence electrons. The average Bonchev–Trinajstić information content (AvgIpc) is 3.00. The first-order chi connectivity index (χ1) is 11.0. The van der Waals surface area contributed by atoms with E-state index in [9.17, 15) is 9.59 Å². The summed E-state index contributed by atoms with van der Waals surface area (Å²) in [7, 11) is 0. The van der Waals surface area contributed by atoms with Crippen LogP contribution in [0.3, 0.4) is 0 Å². The van der Waals surface area contributed by atoms with Crippen molar-refractivity contribution < 1.29 is 14.3 Å². The number of carbonyl (C=O) groups excluding carboxylic acids is 2. The number of rotatable bonds is 6. The van der Waals surface area contributed by atoms with Crippen molar-refractivity contribution in [3.8, 4) is 0 Å². The highest BCUT2D eigenvalue weighted by molar-refractivity contribution is 5.94. The fourth-order valence-electron chi connectivity index (χ4n) is 2.30. The number of carbonyl (C=O) groups is 2. The molecule has 1 aliphatic rings. The van der Waals surface area contributed by atoms with Crippen molar-refractivity contribution in [1.82, 2.24) is 14.7 Å². The zero-order valence-electron chi connectivity index (χ0n) is 13.7. The molecule has 2 heterocycles. The zero-order valence-corrected chi connectivity index (χ0v) is 13.7. The molecule has 2 rings (SSSR count). The molecule has 8 nitrogen and oxygen atoms in total. The van der Waals surface area contributed by atoms with E-state index in [-0.39, 0.29) is 24.3 Å². The van der Waals surface area contributed by atoms with Crippen molar-refractivity contribution in [2.24, 2.45) is 11.7 Å². The summed E-state index contributed by atoms with van der Waals surface area (Å²) in [6.07, 6.45) is 4.00. The lowest BCUT2D eigenvalue weighted by Gasteiger charge is -2.26. The standard InChI is InChI=1S/C15H25N5O3/c1-3-11(2)14(16)15(22)18-12-8-17-20(9-12)10-13(21)19-4-6-23-7-5-19/h8-9,11,14H,3-7,10,16H2,1-2H3,(H,18,22). The lowest BCUT2D eigenvalue weighted by Crippen LogP contribution is -2.42. The Balaban J connectivity index is 1.87. The Morgan fingerprint density at radius 1 is 1.43 bits per heavy atom. The van der Waals surface area contributed by atoms with Crippen LogP contribution in [0.2, 0.25) is 0 Å². The van der Waals surface area contributed by atoms with Crippen molar-refractivity contribution in [2.75, 3.05) is 31.6 Å². The average molecular weight is 323 g/mol. The topological polar surface area (TPSA) is 102 Å². The van der Waals surface area contributed by atoms with E-state index in [2.05, 4.69) is 10.4 Å². The van der Waals surface area contributed by atoms with Crippen molar-refractivity contribution in [3.63, 3.8) is 0 Å². The molecule has 0 aromatic carbocycles. The molecule has 1 aromatic rings. The van der Waals surface area contributed by atoms with Gasteiger partial charge < -0.3 is 20.7 Å². The maximum absolute atomic E-state index is 12.1. The predicted molar refractivity (Wildman–Crippen MR) is 85.7 cm³/mol. The second-order valence-electron chi connectivity index (χ2n) is 5.82. The van der Waals surface area contributed by atoms with Crippen LogP contribution < -0.4 is 11.1 Å². The lowest BCUT2D eigenvalue weighted by molar-refractivity contribution is -0.136. The van der Waals surface area contributed by atoms with Crippen molar-refractivity contribution in [3.05, 3.63) is 12.4 Å². The van der Waals surface area contributed by atoms with Crippen LogP contribution >= 0.6 is 0 Å². The molecule has 1 saturated heterocycles. The van der Waals surface area contributed by atoms with Gasteiger partial charge in [0.2, 0.25) is 11.8 Å². The summed E-state index contributed by atoms with van der Waals surface area (Å²) in [6.45, 7) is 6.43. The number of nitrogens with one attached hydrogen (secondary N) is 1. The Kier molecular flexibility index (Phi) is 6.12. The molecule has 2 amide bonds. The molecular formula is C15H25N5O3. The maximum atomic E-state index is 12.1. The van der Waals surface area contributed by atoms with Gasteiger partial charge in [0.25, 0.3) is 0 Å². The summed E-state index contributed by atoms with van der Waals surface area (Å²) >= 11 is 0. The van der Waals surface area contributed by atoms with Gasteiger partial charge >= 0.3 is 0 Å². The van der Waals surface area contributed by atoms with Crippen LogP contribution in [0.25, 0.3) is 0 Å². The number of nitrogens with two attached hydrogens (primary N) is 1. The Morgan fingerprint density at radius 2 is 2.13 bits per heavy atom. The fourth-order valence-corrected chi connectivity index (χ4v) is 2.30. The largest absolute Gasteiger partial charge is 0.378 e. The number of anilines is 1. The molecule has 1 aromatic heterocycles. The number of amides is 2. The van der Waals surface area contributed by atoms with E-state index < -0.39 is 6.04 Å². The molecule has 0 radical (unpaired) electrons. The number of aromatic nitrogens is 2. The van der Waals surface area contributed by atoms with Crippen LogP contribution in [0.15, 0.2) is 12.4 Å². The highest BCUT2D eigenvalue weighted by atomic mass is 16.5. The molecular weight excluding hydrogens is 298 g/mol. The quantitative estimate of drug-likeness (QED) is 0.770. The van der Waals surface area contributed by atoms with Gasteiger partial charge in [-0.2, -0.15) is 5.10 Å². The maximum Gasteiger partial charge on any atom is 0.244 e. The second-order valence-corrected chi connectivity index (χ2v) is 5.82. The van der Waals surface area contributed by atoms with E-state index in [0.717, 1.165) is 6.42 Å². The van der Waals surface area contributed by atoms with Gasteiger partial charge in [0.05, 0.1) is 31.1 Å². The number of nitrogens with zero attached hydrogens (tertiary/aromatic N) is 3. The van der Waals surface area contributed by atoms with Gasteiger partial charge in [-0.3, -0.25) is 14.3 Å². The number of morpholine rings is 1. The third kappa shape index (κ3) is 4.77. The smallest absolute Gasteiger partial charge is 0.244 e. The van der Waals surface area contributed by atoms with Crippen molar-refractivity contribution >= 4 is 17.5 Å². The van der Waals surface area contributed by atoms with Crippen LogP contribution in [0.4, 0.5) is 5.69 Å². The molecule has 0 spiro atoms. The fraction of sp³-hybridized carbons (Fsp3) is 0.667. The normalized spacial score (nSPS) is 17.6. The molecule has 8 heteroatoms. The lowest BCUT2D eigenvalue weighted by atomic mass is 9.99. The summed E-state index contributed by atoms with van der Waals surface area (Å²) in [5.74, 6) is -0.142. The second kappa shape index (κ2) is 8.07. The summed E-state index contributed by atoms with van der Waals surface area (Å²) < 4.78 is 6.74. The van der Waals surface area contributed by atoms with E-state index in [1.54, 1.807) is 11.1 Å². The number of hydrogen-bond acceptors (Lipinski definition) is 5. The third-order valence-electron chi connectivity index (χ3n) is 4.12. The van der Waals surface area contributed by atoms with Crippen molar-refractivity contribution in [1.29, 1.82) is 0 Å². The van der Waals surface area contributed by atoms with Gasteiger partial charge in [-0.25, -0.2) is 0 Å². The Morgan fingerprint density at radius 3 is 2.78 bits per heavy atom. The SMILES string of the molecule is CCC(C)C(N)C(=O)Nc1cnn(CC(=O)N2CCOCC2)c1. The number of hydrogen-bond donors (Lipinski definition) is 2. The van der Waals surface area contributed by atoms with Crippen molar-refractivity contribution in [2.45, 2.75) is 32.9 Å². The van der Waals surface area contributed by atoms with E-state index >= 15 is 0 Å². The Hall–Kier alpha value is -1.93. The highest BCUT2D eigenvalue weighted by Crippen LogP contribution is 2.10. The van der Waals surface area contributed by atoms with Crippen LogP contribution in [0, 0.1) is 5.92 Å². The first-order valence-electron chi connectivity index (χ1n) is 7.95. The first-order valence-corrected chi connectivity index (χ1v) is 7.95. The monoisotopic (exact) mass is 323 g/mol. The first kappa shape index (κ1) is 17.4. The van der Waals surface area contributed by atoms with Gasteiger partial charge in [0.15, 0.2) is 0 Å². The molecule has 2 atom stereocenters. The van der Waals surface area contributed by atoms with Crippen LogP contribution in [-0.2, 0) is 20.9 Å². The van der Waals surface area contributed by atoms with Crippen LogP contribution in [-0.4, -0.2) is 58.8 Å². The van der Waals surface area contributed by atoms with Gasteiger partial charge in [-0.05, 0) is 5.92 Å².